The molecule has 4 rings (SSSR count). The maximum atomic E-state index is 12.3. The van der Waals surface area contributed by atoms with Crippen molar-refractivity contribution in [3.8, 4) is 5.75 Å². The molecule has 3 aromatic rings. The summed E-state index contributed by atoms with van der Waals surface area (Å²) in [6.45, 7) is 4.39. The van der Waals surface area contributed by atoms with Crippen LogP contribution in [0.25, 0.3) is 11.2 Å². The van der Waals surface area contributed by atoms with E-state index in [1.165, 1.54) is 37.1 Å². The molecule has 14 nitrogen and oxygen atoms in total. The van der Waals surface area contributed by atoms with Crippen LogP contribution in [0.4, 0.5) is 5.82 Å². The molecule has 6 N–H and O–H groups in total. The van der Waals surface area contributed by atoms with Gasteiger partial charge in [0.05, 0.1) is 20.0 Å². The van der Waals surface area contributed by atoms with Gasteiger partial charge in [0.15, 0.2) is 17.7 Å². The molecule has 1 saturated heterocycles. The zero-order chi connectivity index (χ0) is 28.7. The topological polar surface area (TPSA) is 212 Å². The van der Waals surface area contributed by atoms with Crippen LogP contribution in [0, 0.1) is 0 Å². The van der Waals surface area contributed by atoms with Gasteiger partial charge in [-0.25, -0.2) is 14.6 Å². The fraction of sp³-hybridized carbons (Fsp3) is 0.375. The third kappa shape index (κ3) is 4.77. The van der Waals surface area contributed by atoms with Crippen LogP contribution in [-0.2, 0) is 25.5 Å². The average molecular weight is 564 g/mol. The second-order valence-corrected chi connectivity index (χ2v) is 9.38. The van der Waals surface area contributed by atoms with Gasteiger partial charge in [-0.05, 0) is 41.8 Å². The van der Waals surface area contributed by atoms with E-state index in [1.807, 2.05) is 0 Å². The summed E-state index contributed by atoms with van der Waals surface area (Å²) in [5.74, 6) is -3.21. The lowest BCUT2D eigenvalue weighted by molar-refractivity contribution is -0.191. The van der Waals surface area contributed by atoms with Crippen molar-refractivity contribution < 1.29 is 44.2 Å². The van der Waals surface area contributed by atoms with Crippen molar-refractivity contribution in [3.63, 3.8) is 0 Å². The number of aliphatic hydroxyl groups excluding tert-OH is 1. The van der Waals surface area contributed by atoms with Gasteiger partial charge in [0.25, 0.3) is 5.60 Å². The van der Waals surface area contributed by atoms with E-state index in [-0.39, 0.29) is 27.8 Å². The Morgan fingerprint density at radius 3 is 2.62 bits per heavy atom. The van der Waals surface area contributed by atoms with Crippen LogP contribution in [0.5, 0.6) is 5.75 Å². The van der Waals surface area contributed by atoms with E-state index >= 15 is 0 Å². The molecule has 2 aromatic heterocycles. The second kappa shape index (κ2) is 10.4. The molecule has 1 aliphatic heterocycles. The van der Waals surface area contributed by atoms with Crippen molar-refractivity contribution in [1.29, 1.82) is 0 Å². The number of nitrogens with zero attached hydrogens (tertiary/aromatic N) is 4. The number of fused-ring (bicyclic) bond motifs is 1. The number of nitrogens with two attached hydrogens (primary N) is 1. The highest BCUT2D eigenvalue weighted by Crippen LogP contribution is 2.43. The molecule has 39 heavy (non-hydrogen) atoms. The molecule has 0 saturated carbocycles. The molecule has 0 aliphatic carbocycles. The van der Waals surface area contributed by atoms with E-state index in [9.17, 15) is 30.0 Å². The lowest BCUT2D eigenvalue weighted by Gasteiger charge is -2.33. The molecule has 1 aliphatic rings. The average Bonchev–Trinajstić information content (AvgIpc) is 3.41. The highest BCUT2D eigenvalue weighted by Gasteiger charge is 2.58. The molecule has 0 spiro atoms. The Morgan fingerprint density at radius 2 is 2.00 bits per heavy atom. The van der Waals surface area contributed by atoms with E-state index in [2.05, 4.69) is 21.5 Å². The van der Waals surface area contributed by atoms with E-state index < -0.39 is 54.6 Å². The number of carbonyl (C=O) groups is 2. The summed E-state index contributed by atoms with van der Waals surface area (Å²) in [6.07, 6.45) is -3.86. The van der Waals surface area contributed by atoms with Gasteiger partial charge in [0, 0.05) is 6.42 Å². The summed E-state index contributed by atoms with van der Waals surface area (Å²) in [7, 11) is 1.41. The monoisotopic (exact) mass is 563 g/mol. The third-order valence-electron chi connectivity index (χ3n) is 6.65. The molecule has 15 heteroatoms. The summed E-state index contributed by atoms with van der Waals surface area (Å²) >= 11 is 5.93. The highest BCUT2D eigenvalue weighted by atomic mass is 35.5. The number of anilines is 1. The number of rotatable bonds is 10. The molecular weight excluding hydrogens is 538 g/mol. The zero-order valence-corrected chi connectivity index (χ0v) is 21.6. The Morgan fingerprint density at radius 1 is 1.31 bits per heavy atom. The van der Waals surface area contributed by atoms with E-state index in [1.54, 1.807) is 12.1 Å². The van der Waals surface area contributed by atoms with Crippen molar-refractivity contribution in [2.24, 2.45) is 0 Å². The minimum atomic E-state index is -2.77. The van der Waals surface area contributed by atoms with Gasteiger partial charge in [-0.15, -0.1) is 0 Å². The fourth-order valence-electron chi connectivity index (χ4n) is 4.47. The molecule has 4 atom stereocenters. The first-order valence-electron chi connectivity index (χ1n) is 11.5. The van der Waals surface area contributed by atoms with Crippen molar-refractivity contribution >= 4 is 40.5 Å². The number of carboxylic acid groups (broad SMARTS) is 2. The maximum absolute atomic E-state index is 12.3. The summed E-state index contributed by atoms with van der Waals surface area (Å²) in [5, 5.41) is 42.4. The first-order chi connectivity index (χ1) is 18.3. The molecular formula is C24H26ClN5O9. The number of hydrogen-bond donors (Lipinski definition) is 5. The zero-order valence-electron chi connectivity index (χ0n) is 20.8. The standard InChI is InChI=1S/C24H26ClN5O9/c1-11(2)24(36)14(39-19(16(24)31)30-10-27-15-17(26)28-22(25)29-18(15)30)9-38-23(20(32)33,21(34)35)8-12-5-4-6-13(7-12)37-3/h4-7,10,14,16,19,31,36H,1,8-9H2,2-3H3,(H,32,33)(H,34,35)(H2,26,28,29)/t14-,16+,19-,24-/m1/s1. The number of hydrogen-bond acceptors (Lipinski definition) is 11. The molecule has 0 radical (unpaired) electrons. The van der Waals surface area contributed by atoms with Crippen LogP contribution < -0.4 is 10.5 Å². The van der Waals surface area contributed by atoms with Crippen LogP contribution in [0.1, 0.15) is 18.7 Å². The molecule has 0 bridgehead atoms. The van der Waals surface area contributed by atoms with E-state index in [4.69, 9.17) is 31.5 Å². The van der Waals surface area contributed by atoms with Crippen LogP contribution in [-0.4, -0.2) is 89.0 Å². The summed E-state index contributed by atoms with van der Waals surface area (Å²) in [6, 6.07) is 6.18. The second-order valence-electron chi connectivity index (χ2n) is 9.04. The van der Waals surface area contributed by atoms with Gasteiger partial charge in [0.1, 0.15) is 29.1 Å². The number of aromatic nitrogens is 4. The minimum Gasteiger partial charge on any atom is -0.497 e. The first-order valence-corrected chi connectivity index (χ1v) is 11.8. The van der Waals surface area contributed by atoms with Crippen molar-refractivity contribution in [1.82, 2.24) is 19.5 Å². The normalized spacial score (nSPS) is 23.2. The highest BCUT2D eigenvalue weighted by molar-refractivity contribution is 6.28. The largest absolute Gasteiger partial charge is 0.497 e. The number of ether oxygens (including phenoxy) is 3. The van der Waals surface area contributed by atoms with Crippen molar-refractivity contribution in [3.05, 3.63) is 53.6 Å². The van der Waals surface area contributed by atoms with Crippen LogP contribution in [0.15, 0.2) is 42.7 Å². The number of aliphatic hydroxyl groups is 2. The Balaban J connectivity index is 1.68. The Hall–Kier alpha value is -3.82. The summed E-state index contributed by atoms with van der Waals surface area (Å²) < 4.78 is 17.8. The molecule has 3 heterocycles. The predicted octanol–water partition coefficient (Wildman–Crippen LogP) is 0.803. The van der Waals surface area contributed by atoms with Gasteiger partial charge in [-0.2, -0.15) is 9.97 Å². The quantitative estimate of drug-likeness (QED) is 0.131. The maximum Gasteiger partial charge on any atom is 0.348 e. The van der Waals surface area contributed by atoms with Crippen molar-refractivity contribution in [2.45, 2.75) is 43.0 Å². The fourth-order valence-corrected chi connectivity index (χ4v) is 4.64. The van der Waals surface area contributed by atoms with Gasteiger partial charge >= 0.3 is 11.9 Å². The Kier molecular flexibility index (Phi) is 7.51. The molecule has 0 unspecified atom stereocenters. The Labute approximate surface area is 226 Å². The minimum absolute atomic E-state index is 0.0310. The van der Waals surface area contributed by atoms with Crippen molar-refractivity contribution in [2.75, 3.05) is 19.5 Å². The molecule has 1 fully saturated rings. The van der Waals surface area contributed by atoms with E-state index in [0.29, 0.717) is 11.3 Å². The van der Waals surface area contributed by atoms with Crippen LogP contribution in [0.2, 0.25) is 5.28 Å². The molecule has 1 aromatic carbocycles. The van der Waals surface area contributed by atoms with Gasteiger partial charge in [0.2, 0.25) is 5.28 Å². The number of carboxylic acids is 2. The van der Waals surface area contributed by atoms with Crippen LogP contribution >= 0.6 is 11.6 Å². The number of methoxy groups -OCH3 is 1. The molecule has 208 valence electrons. The smallest absolute Gasteiger partial charge is 0.348 e. The number of aliphatic carboxylic acids is 2. The van der Waals surface area contributed by atoms with Gasteiger partial charge in [-0.3, -0.25) is 4.57 Å². The summed E-state index contributed by atoms with van der Waals surface area (Å²) in [5.41, 5.74) is 1.48. The third-order valence-corrected chi connectivity index (χ3v) is 6.82. The van der Waals surface area contributed by atoms with E-state index in [0.717, 1.165) is 0 Å². The number of benzene rings is 1. The number of imidazole rings is 1. The summed E-state index contributed by atoms with van der Waals surface area (Å²) in [4.78, 5) is 36.6. The number of halogens is 1. The lowest BCUT2D eigenvalue weighted by Crippen LogP contribution is -2.55. The molecule has 0 amide bonds. The predicted molar refractivity (Wildman–Crippen MR) is 135 cm³/mol. The number of nitrogen functional groups attached to an aromatic ring is 1. The first kappa shape index (κ1) is 28.2. The van der Waals surface area contributed by atoms with Crippen LogP contribution in [0.3, 0.4) is 0 Å². The SMILES string of the molecule is C=C(C)[C@@]1(O)[C@@H](COC(Cc2cccc(OC)c2)(C(=O)O)C(=O)O)O[C@@H](n2cnc3c(N)nc(Cl)nc32)[C@@H]1O. The Bertz CT molecular complexity index is 1430. The van der Waals surface area contributed by atoms with Gasteiger partial charge in [-0.1, -0.05) is 18.7 Å². The van der Waals surface area contributed by atoms with Gasteiger partial charge < -0.3 is 40.4 Å². The lowest BCUT2D eigenvalue weighted by atomic mass is 9.85.